The second-order valence-electron chi connectivity index (χ2n) is 11.1. The number of carbonyl (C=O) groups is 1. The van der Waals surface area contributed by atoms with Gasteiger partial charge in [-0.3, -0.25) is 4.79 Å². The fourth-order valence-electron chi connectivity index (χ4n) is 5.19. The van der Waals surface area contributed by atoms with Crippen LogP contribution in [0.2, 0.25) is 5.02 Å². The van der Waals surface area contributed by atoms with Gasteiger partial charge < -0.3 is 15.4 Å². The zero-order valence-corrected chi connectivity index (χ0v) is 24.4. The van der Waals surface area contributed by atoms with Crippen molar-refractivity contribution >= 4 is 28.8 Å². The normalized spacial score (nSPS) is 20.0. The number of likely N-dealkylation sites (tertiary alicyclic amines) is 1. The van der Waals surface area contributed by atoms with E-state index in [-0.39, 0.29) is 23.8 Å². The second-order valence-corrected chi connectivity index (χ2v) is 12.5. The monoisotopic (exact) mass is 614 g/mol. The predicted octanol–water partition coefficient (Wildman–Crippen LogP) is 5.99. The van der Waals surface area contributed by atoms with Crippen LogP contribution in [0.1, 0.15) is 40.3 Å². The van der Waals surface area contributed by atoms with E-state index in [0.29, 0.717) is 57.2 Å². The molecule has 218 valence electrons. The number of nitrogens with two attached hydrogens (primary N) is 1. The number of amides is 1. The Morgan fingerprint density at radius 3 is 2.40 bits per heavy atom. The van der Waals surface area contributed by atoms with Crippen molar-refractivity contribution in [3.63, 3.8) is 0 Å². The molecule has 13 heteroatoms. The molecule has 0 bridgehead atoms. The summed E-state index contributed by atoms with van der Waals surface area (Å²) >= 11 is 7.25. The van der Waals surface area contributed by atoms with Gasteiger partial charge in [0.2, 0.25) is 5.88 Å². The zero-order valence-electron chi connectivity index (χ0n) is 22.8. The Kier molecular flexibility index (Phi) is 6.98. The minimum atomic E-state index is -4.56. The van der Waals surface area contributed by atoms with Crippen molar-refractivity contribution < 1.29 is 22.7 Å². The second kappa shape index (κ2) is 10.3. The number of hydrogen-bond donors (Lipinski definition) is 1. The average molecular weight is 615 g/mol. The number of pyridine rings is 1. The Labute approximate surface area is 248 Å². The lowest BCUT2D eigenvalue weighted by Gasteiger charge is -2.22. The maximum Gasteiger partial charge on any atom is 0.417 e. The van der Waals surface area contributed by atoms with E-state index >= 15 is 0 Å². The maximum absolute atomic E-state index is 13.3. The predicted molar refractivity (Wildman–Crippen MR) is 152 cm³/mol. The molecule has 0 unspecified atom stereocenters. The molecule has 3 atom stereocenters. The number of alkyl halides is 3. The van der Waals surface area contributed by atoms with E-state index in [1.807, 2.05) is 18.7 Å². The first-order valence-corrected chi connectivity index (χ1v) is 14.4. The van der Waals surface area contributed by atoms with Crippen molar-refractivity contribution in [1.29, 1.82) is 0 Å². The number of ether oxygens (including phenoxy) is 1. The number of fused-ring (bicyclic) bond motifs is 1. The standard InChI is InChI=1S/C29H26ClF3N6O2S/c1-14-24(42-26(37-14)25-35-7-4-8-36-25)27(40)39-12-17-18(13-39)23(17)41-22-11-16(28(2,3)34)10-21(38-22)15-5-6-19(20(30)9-15)29(31,32)33/h4-11,17-18,23H,12-13,34H2,1-3H3/t17-,18+,23-. The number of piperidine rings is 1. The van der Waals surface area contributed by atoms with Crippen molar-refractivity contribution in [2.24, 2.45) is 17.6 Å². The van der Waals surface area contributed by atoms with E-state index in [1.165, 1.54) is 23.5 Å². The molecule has 0 radical (unpaired) electrons. The van der Waals surface area contributed by atoms with Gasteiger partial charge >= 0.3 is 6.18 Å². The Morgan fingerprint density at radius 2 is 1.79 bits per heavy atom. The number of rotatable bonds is 6. The van der Waals surface area contributed by atoms with Crippen molar-refractivity contribution in [1.82, 2.24) is 24.8 Å². The smallest absolute Gasteiger partial charge is 0.417 e. The summed E-state index contributed by atoms with van der Waals surface area (Å²) in [6.07, 6.45) is -1.43. The molecule has 3 aromatic heterocycles. The third-order valence-electron chi connectivity index (χ3n) is 7.52. The molecule has 4 heterocycles. The topological polar surface area (TPSA) is 107 Å². The molecule has 1 aliphatic heterocycles. The highest BCUT2D eigenvalue weighted by atomic mass is 35.5. The van der Waals surface area contributed by atoms with E-state index in [0.717, 1.165) is 6.07 Å². The van der Waals surface area contributed by atoms with Crippen LogP contribution in [0.25, 0.3) is 22.1 Å². The van der Waals surface area contributed by atoms with Crippen molar-refractivity contribution in [3.8, 4) is 28.0 Å². The molecule has 2 aliphatic rings. The highest BCUT2D eigenvalue weighted by molar-refractivity contribution is 7.17. The van der Waals surface area contributed by atoms with Gasteiger partial charge in [0.15, 0.2) is 10.8 Å². The third kappa shape index (κ3) is 5.46. The van der Waals surface area contributed by atoms with Crippen molar-refractivity contribution in [3.05, 3.63) is 75.5 Å². The Balaban J connectivity index is 1.17. The molecule has 42 heavy (non-hydrogen) atoms. The summed E-state index contributed by atoms with van der Waals surface area (Å²) in [5.41, 5.74) is 6.86. The van der Waals surface area contributed by atoms with Crippen LogP contribution in [0.3, 0.4) is 0 Å². The Hall–Kier alpha value is -3.61. The first-order valence-electron chi connectivity index (χ1n) is 13.2. The van der Waals surface area contributed by atoms with Crippen molar-refractivity contribution in [2.45, 2.75) is 38.6 Å². The molecule has 0 spiro atoms. The Bertz CT molecular complexity index is 1660. The summed E-state index contributed by atoms with van der Waals surface area (Å²) in [5.74, 6) is 0.999. The van der Waals surface area contributed by atoms with E-state index in [1.54, 1.807) is 37.5 Å². The average Bonchev–Trinajstić information content (AvgIpc) is 3.25. The van der Waals surface area contributed by atoms with Gasteiger partial charge in [-0.25, -0.2) is 19.9 Å². The summed E-state index contributed by atoms with van der Waals surface area (Å²) in [4.78, 5) is 33.2. The van der Waals surface area contributed by atoms with E-state index in [9.17, 15) is 18.0 Å². The largest absolute Gasteiger partial charge is 0.474 e. The minimum Gasteiger partial charge on any atom is -0.474 e. The molecular weight excluding hydrogens is 589 g/mol. The van der Waals surface area contributed by atoms with Gasteiger partial charge in [0.1, 0.15) is 11.0 Å². The summed E-state index contributed by atoms with van der Waals surface area (Å²) in [6, 6.07) is 8.72. The molecule has 1 saturated heterocycles. The maximum atomic E-state index is 13.3. The molecule has 2 N–H and O–H groups in total. The van der Waals surface area contributed by atoms with Gasteiger partial charge in [0.25, 0.3) is 5.91 Å². The van der Waals surface area contributed by atoms with Crippen LogP contribution in [0.4, 0.5) is 13.2 Å². The van der Waals surface area contributed by atoms with E-state index < -0.39 is 22.3 Å². The van der Waals surface area contributed by atoms with Crippen LogP contribution in [0.15, 0.2) is 48.8 Å². The van der Waals surface area contributed by atoms with Gasteiger partial charge in [-0.05, 0) is 50.6 Å². The summed E-state index contributed by atoms with van der Waals surface area (Å²) < 4.78 is 46.0. The number of benzene rings is 1. The minimum absolute atomic E-state index is 0.0791. The van der Waals surface area contributed by atoms with Gasteiger partial charge in [-0.2, -0.15) is 13.2 Å². The molecular formula is C29H26ClF3N6O2S. The first kappa shape index (κ1) is 28.5. The summed E-state index contributed by atoms with van der Waals surface area (Å²) in [6.45, 7) is 6.51. The SMILES string of the molecule is Cc1nc(-c2ncccn2)sc1C(=O)N1C[C@@H]2[C@H](C1)[C@@H]2Oc1cc(C(C)(C)N)cc(-c2ccc(C(F)(F)F)c(Cl)c2)n1. The number of hydrogen-bond acceptors (Lipinski definition) is 8. The lowest BCUT2D eigenvalue weighted by Crippen LogP contribution is -2.33. The van der Waals surface area contributed by atoms with Crippen LogP contribution in [-0.2, 0) is 11.7 Å². The van der Waals surface area contributed by atoms with Crippen LogP contribution >= 0.6 is 22.9 Å². The molecule has 8 nitrogen and oxygen atoms in total. The van der Waals surface area contributed by atoms with Crippen LogP contribution in [0.5, 0.6) is 5.88 Å². The van der Waals surface area contributed by atoms with Gasteiger partial charge in [0, 0.05) is 54.5 Å². The number of carbonyl (C=O) groups excluding carboxylic acids is 1. The molecule has 1 saturated carbocycles. The number of aromatic nitrogens is 4. The van der Waals surface area contributed by atoms with E-state index in [4.69, 9.17) is 22.1 Å². The zero-order chi connectivity index (χ0) is 30.0. The molecule has 1 amide bonds. The molecule has 1 aliphatic carbocycles. The van der Waals surface area contributed by atoms with Crippen LogP contribution in [-0.4, -0.2) is 49.9 Å². The lowest BCUT2D eigenvalue weighted by atomic mass is 9.94. The highest BCUT2D eigenvalue weighted by Gasteiger charge is 2.59. The summed E-state index contributed by atoms with van der Waals surface area (Å²) in [7, 11) is 0. The van der Waals surface area contributed by atoms with Crippen molar-refractivity contribution in [2.75, 3.05) is 13.1 Å². The fourth-order valence-corrected chi connectivity index (χ4v) is 6.46. The number of aryl methyl sites for hydroxylation is 1. The van der Waals surface area contributed by atoms with Gasteiger partial charge in [-0.15, -0.1) is 11.3 Å². The lowest BCUT2D eigenvalue weighted by molar-refractivity contribution is -0.137. The van der Waals surface area contributed by atoms with E-state index in [2.05, 4.69) is 19.9 Å². The van der Waals surface area contributed by atoms with Gasteiger partial charge in [-0.1, -0.05) is 17.7 Å². The first-order chi connectivity index (χ1) is 19.8. The molecule has 1 aromatic carbocycles. The molecule has 4 aromatic rings. The van der Waals surface area contributed by atoms with Crippen LogP contribution in [0, 0.1) is 18.8 Å². The number of halogens is 4. The number of thiazole rings is 1. The van der Waals surface area contributed by atoms with Crippen LogP contribution < -0.4 is 10.5 Å². The highest BCUT2D eigenvalue weighted by Crippen LogP contribution is 2.49. The Morgan fingerprint density at radius 1 is 1.10 bits per heavy atom. The summed E-state index contributed by atoms with van der Waals surface area (Å²) in [5, 5.41) is 0.184. The fraction of sp³-hybridized carbons (Fsp3) is 0.345. The number of nitrogens with zero attached hydrogens (tertiary/aromatic N) is 5. The quantitative estimate of drug-likeness (QED) is 0.284. The van der Waals surface area contributed by atoms with Gasteiger partial charge in [0.05, 0.1) is 22.0 Å². The third-order valence-corrected chi connectivity index (χ3v) is 8.98. The molecule has 2 fully saturated rings. The molecule has 6 rings (SSSR count).